The molecule has 0 heterocycles. The van der Waals surface area contributed by atoms with Gasteiger partial charge in [0.25, 0.3) is 0 Å². The molecule has 0 radical (unpaired) electrons. The molecule has 0 saturated carbocycles. The number of phenolic OH excluding ortho intramolecular Hbond substituents is 1. The Balaban J connectivity index is 1.86. The number of ether oxygens (including phenoxy) is 1. The summed E-state index contributed by atoms with van der Waals surface area (Å²) in [5.74, 6) is -0.334. The summed E-state index contributed by atoms with van der Waals surface area (Å²) < 4.78 is 5.38. The molecule has 0 spiro atoms. The fourth-order valence-corrected chi connectivity index (χ4v) is 2.40. The molecular weight excluding hydrogens is 326 g/mol. The smallest absolute Gasteiger partial charge is 0.343 e. The number of nitriles is 1. The number of hydrogen-bond donors (Lipinski definition) is 1. The second-order valence-electron chi connectivity index (χ2n) is 5.51. The van der Waals surface area contributed by atoms with Gasteiger partial charge in [0, 0.05) is 0 Å². The van der Waals surface area contributed by atoms with E-state index in [9.17, 15) is 15.2 Å². The molecule has 0 saturated heterocycles. The van der Waals surface area contributed by atoms with Crippen LogP contribution in [0.25, 0.3) is 12.2 Å². The molecule has 3 rings (SSSR count). The van der Waals surface area contributed by atoms with Crippen LogP contribution in [0.15, 0.2) is 72.8 Å². The summed E-state index contributed by atoms with van der Waals surface area (Å²) in [6.45, 7) is 0. The molecule has 126 valence electrons. The number of nitrogens with zero attached hydrogens (tertiary/aromatic N) is 1. The van der Waals surface area contributed by atoms with E-state index in [0.717, 1.165) is 5.56 Å². The standard InChI is InChI=1S/C22H15NO3/c23-15-20-17(10-9-16-5-2-1-3-6-16)7-4-8-21(20)26-22(25)18-11-13-19(24)14-12-18/h1-14,24H. The minimum Gasteiger partial charge on any atom is -0.508 e. The van der Waals surface area contributed by atoms with Crippen LogP contribution in [-0.4, -0.2) is 11.1 Å². The van der Waals surface area contributed by atoms with Gasteiger partial charge in [-0.1, -0.05) is 54.6 Å². The maximum atomic E-state index is 12.3. The van der Waals surface area contributed by atoms with Crippen molar-refractivity contribution in [3.05, 3.63) is 95.1 Å². The summed E-state index contributed by atoms with van der Waals surface area (Å²) in [6.07, 6.45) is 3.70. The second kappa shape index (κ2) is 7.82. The maximum absolute atomic E-state index is 12.3. The highest BCUT2D eigenvalue weighted by Crippen LogP contribution is 2.24. The molecule has 0 fully saturated rings. The van der Waals surface area contributed by atoms with E-state index in [1.54, 1.807) is 18.2 Å². The number of carbonyl (C=O) groups excluding carboxylic acids is 1. The molecule has 3 aromatic carbocycles. The Bertz CT molecular complexity index is 984. The van der Waals surface area contributed by atoms with Crippen LogP contribution >= 0.6 is 0 Å². The number of benzene rings is 3. The average Bonchev–Trinajstić information content (AvgIpc) is 2.67. The number of aromatic hydroxyl groups is 1. The highest BCUT2D eigenvalue weighted by molar-refractivity contribution is 5.91. The Kier molecular flexibility index (Phi) is 5.11. The Morgan fingerprint density at radius 1 is 0.923 bits per heavy atom. The first-order valence-corrected chi connectivity index (χ1v) is 7.95. The van der Waals surface area contributed by atoms with Crippen molar-refractivity contribution >= 4 is 18.1 Å². The van der Waals surface area contributed by atoms with Crippen LogP contribution < -0.4 is 4.74 Å². The lowest BCUT2D eigenvalue weighted by Crippen LogP contribution is -2.09. The van der Waals surface area contributed by atoms with Crippen molar-refractivity contribution in [2.75, 3.05) is 0 Å². The zero-order valence-electron chi connectivity index (χ0n) is 13.8. The van der Waals surface area contributed by atoms with Crippen LogP contribution in [0.5, 0.6) is 11.5 Å². The molecule has 1 N–H and O–H groups in total. The second-order valence-corrected chi connectivity index (χ2v) is 5.51. The van der Waals surface area contributed by atoms with Crippen LogP contribution in [0.2, 0.25) is 0 Å². The molecule has 4 nitrogen and oxygen atoms in total. The van der Waals surface area contributed by atoms with Gasteiger partial charge in [0.2, 0.25) is 0 Å². The number of esters is 1. The third-order valence-electron chi connectivity index (χ3n) is 3.73. The molecule has 3 aromatic rings. The number of rotatable bonds is 4. The van der Waals surface area contributed by atoms with E-state index < -0.39 is 5.97 Å². The predicted octanol–water partition coefficient (Wildman–Crippen LogP) is 4.65. The van der Waals surface area contributed by atoms with Gasteiger partial charge in [0.05, 0.1) is 5.56 Å². The molecule has 0 aliphatic carbocycles. The van der Waals surface area contributed by atoms with Gasteiger partial charge in [-0.05, 0) is 41.5 Å². The van der Waals surface area contributed by atoms with E-state index in [0.29, 0.717) is 5.56 Å². The minimum atomic E-state index is -0.592. The maximum Gasteiger partial charge on any atom is 0.343 e. The molecule has 0 unspecified atom stereocenters. The molecule has 0 atom stereocenters. The van der Waals surface area contributed by atoms with Crippen LogP contribution in [-0.2, 0) is 0 Å². The van der Waals surface area contributed by atoms with Crippen molar-refractivity contribution in [1.82, 2.24) is 0 Å². The van der Waals surface area contributed by atoms with Gasteiger partial charge in [-0.2, -0.15) is 5.26 Å². The van der Waals surface area contributed by atoms with E-state index in [2.05, 4.69) is 6.07 Å². The van der Waals surface area contributed by atoms with Crippen molar-refractivity contribution in [2.45, 2.75) is 0 Å². The molecule has 26 heavy (non-hydrogen) atoms. The molecule has 0 aliphatic heterocycles. The van der Waals surface area contributed by atoms with E-state index in [4.69, 9.17) is 4.74 Å². The number of hydrogen-bond acceptors (Lipinski definition) is 4. The topological polar surface area (TPSA) is 70.3 Å². The van der Waals surface area contributed by atoms with Crippen molar-refractivity contribution in [2.24, 2.45) is 0 Å². The van der Waals surface area contributed by atoms with Gasteiger partial charge in [-0.3, -0.25) is 0 Å². The summed E-state index contributed by atoms with van der Waals surface area (Å²) in [5, 5.41) is 18.8. The van der Waals surface area contributed by atoms with Gasteiger partial charge < -0.3 is 9.84 Å². The Labute approximate surface area is 151 Å². The van der Waals surface area contributed by atoms with Crippen molar-refractivity contribution < 1.29 is 14.6 Å². The molecular formula is C22H15NO3. The molecule has 0 aromatic heterocycles. The first-order chi connectivity index (χ1) is 12.7. The number of carbonyl (C=O) groups is 1. The molecule has 0 amide bonds. The fraction of sp³-hybridized carbons (Fsp3) is 0. The lowest BCUT2D eigenvalue weighted by atomic mass is 10.1. The highest BCUT2D eigenvalue weighted by atomic mass is 16.5. The Morgan fingerprint density at radius 2 is 1.65 bits per heavy atom. The third-order valence-corrected chi connectivity index (χ3v) is 3.73. The largest absolute Gasteiger partial charge is 0.508 e. The zero-order chi connectivity index (χ0) is 18.4. The summed E-state index contributed by atoms with van der Waals surface area (Å²) in [5.41, 5.74) is 2.24. The predicted molar refractivity (Wildman–Crippen MR) is 99.6 cm³/mol. The normalized spacial score (nSPS) is 10.4. The SMILES string of the molecule is N#Cc1c(C=Cc2ccccc2)cccc1OC(=O)c1ccc(O)cc1. The molecule has 0 bridgehead atoms. The summed E-state index contributed by atoms with van der Waals surface area (Å²) >= 11 is 0. The number of phenols is 1. The van der Waals surface area contributed by atoms with E-state index in [1.165, 1.54) is 24.3 Å². The first kappa shape index (κ1) is 17.0. The van der Waals surface area contributed by atoms with E-state index in [-0.39, 0.29) is 22.6 Å². The van der Waals surface area contributed by atoms with Crippen LogP contribution in [0.3, 0.4) is 0 Å². The van der Waals surface area contributed by atoms with Crippen molar-refractivity contribution in [3.8, 4) is 17.6 Å². The monoisotopic (exact) mass is 341 g/mol. The fourth-order valence-electron chi connectivity index (χ4n) is 2.40. The summed E-state index contributed by atoms with van der Waals surface area (Å²) in [4.78, 5) is 12.3. The van der Waals surface area contributed by atoms with Gasteiger partial charge in [-0.25, -0.2) is 4.79 Å². The van der Waals surface area contributed by atoms with Crippen LogP contribution in [0.1, 0.15) is 27.0 Å². The Hall–Kier alpha value is -3.84. The van der Waals surface area contributed by atoms with Gasteiger partial charge in [0.15, 0.2) is 0 Å². The summed E-state index contributed by atoms with van der Waals surface area (Å²) in [6, 6.07) is 22.6. The highest BCUT2D eigenvalue weighted by Gasteiger charge is 2.13. The van der Waals surface area contributed by atoms with Gasteiger partial charge in [-0.15, -0.1) is 0 Å². The zero-order valence-corrected chi connectivity index (χ0v) is 13.8. The van der Waals surface area contributed by atoms with E-state index >= 15 is 0 Å². The summed E-state index contributed by atoms with van der Waals surface area (Å²) in [7, 11) is 0. The van der Waals surface area contributed by atoms with Gasteiger partial charge in [0.1, 0.15) is 23.1 Å². The van der Waals surface area contributed by atoms with Crippen LogP contribution in [0, 0.1) is 11.3 Å². The molecule has 0 aliphatic rings. The third kappa shape index (κ3) is 3.97. The average molecular weight is 341 g/mol. The minimum absolute atomic E-state index is 0.0623. The van der Waals surface area contributed by atoms with E-state index in [1.807, 2.05) is 42.5 Å². The lowest BCUT2D eigenvalue weighted by molar-refractivity contribution is 0.0734. The van der Waals surface area contributed by atoms with Crippen LogP contribution in [0.4, 0.5) is 0 Å². The first-order valence-electron chi connectivity index (χ1n) is 7.95. The van der Waals surface area contributed by atoms with Gasteiger partial charge >= 0.3 is 5.97 Å². The lowest BCUT2D eigenvalue weighted by Gasteiger charge is -2.08. The van der Waals surface area contributed by atoms with Crippen molar-refractivity contribution in [3.63, 3.8) is 0 Å². The molecule has 4 heteroatoms. The van der Waals surface area contributed by atoms with Crippen molar-refractivity contribution in [1.29, 1.82) is 5.26 Å². The Morgan fingerprint density at radius 3 is 2.35 bits per heavy atom. The quantitative estimate of drug-likeness (QED) is 0.426.